The summed E-state index contributed by atoms with van der Waals surface area (Å²) >= 11 is 5.91. The second kappa shape index (κ2) is 9.07. The van der Waals surface area contributed by atoms with E-state index in [4.69, 9.17) is 17.2 Å². The van der Waals surface area contributed by atoms with E-state index in [1.807, 2.05) is 18.3 Å². The zero-order chi connectivity index (χ0) is 23.8. The van der Waals surface area contributed by atoms with Crippen LogP contribution in [0.4, 0.5) is 5.69 Å². The first-order valence-electron chi connectivity index (χ1n) is 11.8. The third kappa shape index (κ3) is 3.90. The standard InChI is InChI=1S/C29H30N4S/c1-5-22-11-15-24(16-12-22)33-28(27(31-29(33)34)26-8-6-7-17-30-26)25-18-20(3)32(21(25)4)23-13-9-19(2)10-14-23/h6-18,27-28H,5H2,1-4H3,(H,31,34)/t27-,28+/m1/s1. The van der Waals surface area contributed by atoms with E-state index in [0.717, 1.165) is 22.9 Å². The summed E-state index contributed by atoms with van der Waals surface area (Å²) in [7, 11) is 0. The predicted octanol–water partition coefficient (Wildman–Crippen LogP) is 6.54. The van der Waals surface area contributed by atoms with Crippen molar-refractivity contribution in [2.45, 2.75) is 46.2 Å². The van der Waals surface area contributed by atoms with Gasteiger partial charge in [-0.1, -0.05) is 42.8 Å². The van der Waals surface area contributed by atoms with Crippen LogP contribution in [0, 0.1) is 20.8 Å². The molecule has 0 radical (unpaired) electrons. The second-order valence-electron chi connectivity index (χ2n) is 9.01. The number of aryl methyl sites for hydroxylation is 3. The summed E-state index contributed by atoms with van der Waals surface area (Å²) in [6.45, 7) is 8.68. The number of hydrogen-bond donors (Lipinski definition) is 1. The van der Waals surface area contributed by atoms with Gasteiger partial charge in [-0.05, 0) is 93.0 Å². The molecule has 1 saturated heterocycles. The fourth-order valence-electron chi connectivity index (χ4n) is 5.02. The van der Waals surface area contributed by atoms with Crippen LogP contribution in [0.5, 0.6) is 0 Å². The maximum Gasteiger partial charge on any atom is 0.174 e. The molecule has 2 aromatic carbocycles. The lowest BCUT2D eigenvalue weighted by molar-refractivity contribution is 0.565. The number of benzene rings is 2. The van der Waals surface area contributed by atoms with Crippen molar-refractivity contribution in [2.24, 2.45) is 0 Å². The predicted molar refractivity (Wildman–Crippen MR) is 144 cm³/mol. The van der Waals surface area contributed by atoms with E-state index in [1.165, 1.54) is 33.8 Å². The van der Waals surface area contributed by atoms with Gasteiger partial charge in [-0.15, -0.1) is 0 Å². The second-order valence-corrected chi connectivity index (χ2v) is 9.40. The average molecular weight is 467 g/mol. The summed E-state index contributed by atoms with van der Waals surface area (Å²) < 4.78 is 2.34. The zero-order valence-corrected chi connectivity index (χ0v) is 20.9. The van der Waals surface area contributed by atoms with Crippen molar-refractivity contribution in [3.63, 3.8) is 0 Å². The van der Waals surface area contributed by atoms with E-state index in [-0.39, 0.29) is 12.1 Å². The summed E-state index contributed by atoms with van der Waals surface area (Å²) in [5, 5.41) is 4.31. The first kappa shape index (κ1) is 22.4. The fourth-order valence-corrected chi connectivity index (χ4v) is 5.37. The molecule has 1 fully saturated rings. The molecule has 5 heteroatoms. The molecule has 1 aliphatic heterocycles. The molecule has 0 saturated carbocycles. The van der Waals surface area contributed by atoms with E-state index < -0.39 is 0 Å². The van der Waals surface area contributed by atoms with Gasteiger partial charge in [0.2, 0.25) is 0 Å². The highest BCUT2D eigenvalue weighted by Crippen LogP contribution is 2.43. The summed E-state index contributed by atoms with van der Waals surface area (Å²) in [5.74, 6) is 0. The van der Waals surface area contributed by atoms with Crippen LogP contribution < -0.4 is 10.2 Å². The SMILES string of the molecule is CCc1ccc(N2C(=S)N[C@H](c3ccccn3)[C@@H]2c2cc(C)n(-c3ccc(C)cc3)c2C)cc1. The van der Waals surface area contributed by atoms with Gasteiger partial charge in [-0.25, -0.2) is 0 Å². The lowest BCUT2D eigenvalue weighted by Gasteiger charge is -2.28. The molecule has 0 amide bonds. The van der Waals surface area contributed by atoms with Gasteiger partial charge in [0.25, 0.3) is 0 Å². The Morgan fingerprint density at radius 1 is 0.912 bits per heavy atom. The summed E-state index contributed by atoms with van der Waals surface area (Å²) in [6.07, 6.45) is 2.87. The quantitative estimate of drug-likeness (QED) is 0.339. The number of nitrogens with one attached hydrogen (secondary N) is 1. The Kier molecular flexibility index (Phi) is 5.96. The number of anilines is 1. The minimum absolute atomic E-state index is 0.0136. The van der Waals surface area contributed by atoms with Gasteiger partial charge in [0.1, 0.15) is 0 Å². The molecular weight excluding hydrogens is 436 g/mol. The van der Waals surface area contributed by atoms with E-state index in [1.54, 1.807) is 0 Å². The first-order valence-corrected chi connectivity index (χ1v) is 12.2. The molecule has 2 aromatic heterocycles. The molecule has 4 nitrogen and oxygen atoms in total. The summed E-state index contributed by atoms with van der Waals surface area (Å²) in [6, 6.07) is 25.8. The van der Waals surface area contributed by atoms with Crippen molar-refractivity contribution in [1.29, 1.82) is 0 Å². The van der Waals surface area contributed by atoms with Crippen molar-refractivity contribution >= 4 is 23.0 Å². The van der Waals surface area contributed by atoms with E-state index in [0.29, 0.717) is 0 Å². The van der Waals surface area contributed by atoms with Crippen LogP contribution in [0.15, 0.2) is 79.0 Å². The van der Waals surface area contributed by atoms with Gasteiger partial charge < -0.3 is 14.8 Å². The minimum Gasteiger partial charge on any atom is -0.351 e. The number of thiocarbonyl (C=S) groups is 1. The van der Waals surface area contributed by atoms with Crippen molar-refractivity contribution in [3.05, 3.63) is 113 Å². The fraction of sp³-hybridized carbons (Fsp3) is 0.241. The third-order valence-corrected chi connectivity index (χ3v) is 7.12. The Bertz CT molecular complexity index is 1310. The molecule has 1 N–H and O–H groups in total. The van der Waals surface area contributed by atoms with Crippen molar-refractivity contribution in [3.8, 4) is 5.69 Å². The van der Waals surface area contributed by atoms with Gasteiger partial charge in [0.15, 0.2) is 5.11 Å². The minimum atomic E-state index is -0.0495. The maximum absolute atomic E-state index is 5.91. The topological polar surface area (TPSA) is 33.1 Å². The van der Waals surface area contributed by atoms with Crippen LogP contribution in [-0.4, -0.2) is 14.7 Å². The lowest BCUT2D eigenvalue weighted by Crippen LogP contribution is -2.29. The normalized spacial score (nSPS) is 17.8. The number of hydrogen-bond acceptors (Lipinski definition) is 2. The molecule has 2 atom stereocenters. The molecule has 3 heterocycles. The van der Waals surface area contributed by atoms with Crippen LogP contribution in [0.2, 0.25) is 0 Å². The van der Waals surface area contributed by atoms with Crippen molar-refractivity contribution in [1.82, 2.24) is 14.9 Å². The summed E-state index contributed by atoms with van der Waals surface area (Å²) in [4.78, 5) is 6.96. The van der Waals surface area contributed by atoms with Crippen LogP contribution in [0.3, 0.4) is 0 Å². The van der Waals surface area contributed by atoms with Crippen LogP contribution in [-0.2, 0) is 6.42 Å². The van der Waals surface area contributed by atoms with E-state index in [2.05, 4.69) is 103 Å². The molecule has 34 heavy (non-hydrogen) atoms. The van der Waals surface area contributed by atoms with E-state index in [9.17, 15) is 0 Å². The number of aromatic nitrogens is 2. The Labute approximate surface area is 207 Å². The molecule has 1 aliphatic rings. The maximum atomic E-state index is 5.91. The highest BCUT2D eigenvalue weighted by Gasteiger charge is 2.42. The molecule has 0 unspecified atom stereocenters. The molecule has 5 rings (SSSR count). The smallest absolute Gasteiger partial charge is 0.174 e. The van der Waals surface area contributed by atoms with Gasteiger partial charge in [0.05, 0.1) is 17.8 Å². The largest absolute Gasteiger partial charge is 0.351 e. The Morgan fingerprint density at radius 2 is 1.62 bits per heavy atom. The van der Waals surface area contributed by atoms with Gasteiger partial charge in [-0.2, -0.15) is 0 Å². The third-order valence-electron chi connectivity index (χ3n) is 6.80. The van der Waals surface area contributed by atoms with Crippen LogP contribution in [0.1, 0.15) is 52.8 Å². The highest BCUT2D eigenvalue weighted by atomic mass is 32.1. The molecule has 4 aromatic rings. The van der Waals surface area contributed by atoms with E-state index >= 15 is 0 Å². The van der Waals surface area contributed by atoms with Crippen molar-refractivity contribution < 1.29 is 0 Å². The molecule has 0 bridgehead atoms. The molecule has 0 aliphatic carbocycles. The van der Waals surface area contributed by atoms with Gasteiger partial charge in [0, 0.05) is 29.0 Å². The van der Waals surface area contributed by atoms with Crippen LogP contribution >= 0.6 is 12.2 Å². The zero-order valence-electron chi connectivity index (χ0n) is 20.1. The Balaban J connectivity index is 1.66. The highest BCUT2D eigenvalue weighted by molar-refractivity contribution is 7.80. The van der Waals surface area contributed by atoms with Gasteiger partial charge >= 0.3 is 0 Å². The van der Waals surface area contributed by atoms with Crippen LogP contribution in [0.25, 0.3) is 5.69 Å². The number of rotatable bonds is 5. The van der Waals surface area contributed by atoms with Crippen molar-refractivity contribution in [2.75, 3.05) is 4.90 Å². The molecule has 172 valence electrons. The Morgan fingerprint density at radius 3 is 2.26 bits per heavy atom. The Hall–Kier alpha value is -3.44. The number of nitrogens with zero attached hydrogens (tertiary/aromatic N) is 3. The molecule has 0 spiro atoms. The monoisotopic (exact) mass is 466 g/mol. The summed E-state index contributed by atoms with van der Waals surface area (Å²) in [5.41, 5.74) is 9.50. The first-order chi connectivity index (χ1) is 16.5. The average Bonchev–Trinajstić information content (AvgIpc) is 3.35. The molecular formula is C29H30N4S. The lowest BCUT2D eigenvalue weighted by atomic mass is 9.96. The van der Waals surface area contributed by atoms with Gasteiger partial charge in [-0.3, -0.25) is 4.98 Å². The number of pyridine rings is 1.